The van der Waals surface area contributed by atoms with Crippen molar-refractivity contribution in [2.45, 2.75) is 0 Å². The highest BCUT2D eigenvalue weighted by Crippen LogP contribution is 2.32. The molecule has 3 aromatic rings. The minimum atomic E-state index is 0.928. The molecule has 0 fully saturated rings. The van der Waals surface area contributed by atoms with Crippen LogP contribution in [0.5, 0.6) is 0 Å². The van der Waals surface area contributed by atoms with E-state index in [4.69, 9.17) is 0 Å². The van der Waals surface area contributed by atoms with E-state index in [0.717, 1.165) is 39.3 Å². The first-order chi connectivity index (χ1) is 11.9. The van der Waals surface area contributed by atoms with Gasteiger partial charge in [0.2, 0.25) is 0 Å². The van der Waals surface area contributed by atoms with Crippen LogP contribution in [0.3, 0.4) is 0 Å². The van der Waals surface area contributed by atoms with Gasteiger partial charge in [-0.1, -0.05) is 24.3 Å². The average molecular weight is 320 g/mol. The van der Waals surface area contributed by atoms with Gasteiger partial charge in [0.1, 0.15) is 0 Å². The van der Waals surface area contributed by atoms with Gasteiger partial charge in [-0.25, -0.2) is 0 Å². The van der Waals surface area contributed by atoms with Crippen LogP contribution in [0, 0.1) is 0 Å². The van der Waals surface area contributed by atoms with Crippen LogP contribution in [-0.4, -0.2) is 39.3 Å². The third kappa shape index (κ3) is 3.16. The van der Waals surface area contributed by atoms with Gasteiger partial charge in [0.15, 0.2) is 0 Å². The van der Waals surface area contributed by atoms with Crippen LogP contribution in [-0.2, 0) is 0 Å². The summed E-state index contributed by atoms with van der Waals surface area (Å²) in [5, 5.41) is 19.2. The topological polar surface area (TPSA) is 48.1 Å². The van der Waals surface area contributed by atoms with Gasteiger partial charge in [0, 0.05) is 61.4 Å². The molecule has 0 aromatic heterocycles. The molecule has 0 spiro atoms. The number of anilines is 2. The Morgan fingerprint density at radius 1 is 0.542 bits per heavy atom. The summed E-state index contributed by atoms with van der Waals surface area (Å²) in [6.07, 6.45) is 0. The first-order valence-electron chi connectivity index (χ1n) is 8.76. The maximum absolute atomic E-state index is 3.58. The lowest BCUT2D eigenvalue weighted by molar-refractivity contribution is 0.627. The van der Waals surface area contributed by atoms with Gasteiger partial charge >= 0.3 is 0 Å². The van der Waals surface area contributed by atoms with Crippen LogP contribution in [0.25, 0.3) is 21.5 Å². The molecule has 0 atom stereocenters. The standard InChI is InChI=1S/C20H24N4/c1-3-15-13-16-4-2-6-20-18(16)14-17(15)19(5-1)23-11-9-21-7-8-22-10-12-24-20/h1-6,13-14,21-24H,7-12H2. The molecule has 0 amide bonds. The van der Waals surface area contributed by atoms with Crippen LogP contribution >= 0.6 is 0 Å². The lowest BCUT2D eigenvalue weighted by Crippen LogP contribution is -2.32. The fourth-order valence-electron chi connectivity index (χ4n) is 3.36. The lowest BCUT2D eigenvalue weighted by Gasteiger charge is -2.13. The molecule has 4 N–H and O–H groups in total. The van der Waals surface area contributed by atoms with E-state index in [1.165, 1.54) is 32.9 Å². The van der Waals surface area contributed by atoms with Gasteiger partial charge in [-0.15, -0.1) is 0 Å². The summed E-state index contributed by atoms with van der Waals surface area (Å²) in [5.74, 6) is 0. The molecule has 3 aromatic carbocycles. The van der Waals surface area contributed by atoms with Crippen molar-refractivity contribution in [2.24, 2.45) is 0 Å². The molecule has 1 aliphatic rings. The van der Waals surface area contributed by atoms with E-state index in [1.54, 1.807) is 0 Å². The first kappa shape index (κ1) is 15.2. The van der Waals surface area contributed by atoms with E-state index in [1.807, 2.05) is 0 Å². The van der Waals surface area contributed by atoms with E-state index in [2.05, 4.69) is 69.8 Å². The van der Waals surface area contributed by atoms with Crippen LogP contribution in [0.4, 0.5) is 11.4 Å². The third-order valence-corrected chi connectivity index (χ3v) is 4.59. The van der Waals surface area contributed by atoms with E-state index < -0.39 is 0 Å². The molecule has 4 heteroatoms. The molecule has 24 heavy (non-hydrogen) atoms. The Kier molecular flexibility index (Phi) is 4.49. The Bertz CT molecular complexity index is 777. The zero-order valence-corrected chi connectivity index (χ0v) is 13.9. The monoisotopic (exact) mass is 320 g/mol. The minimum Gasteiger partial charge on any atom is -0.383 e. The van der Waals surface area contributed by atoms with Crippen LogP contribution in [0.15, 0.2) is 48.5 Å². The summed E-state index contributed by atoms with van der Waals surface area (Å²) in [5.41, 5.74) is 2.41. The van der Waals surface area contributed by atoms with Crippen molar-refractivity contribution in [1.29, 1.82) is 0 Å². The Labute approximate surface area is 142 Å². The molecular weight excluding hydrogens is 296 g/mol. The van der Waals surface area contributed by atoms with E-state index >= 15 is 0 Å². The normalized spacial score (nSPS) is 16.5. The Morgan fingerprint density at radius 2 is 1.04 bits per heavy atom. The van der Waals surface area contributed by atoms with E-state index in [0.29, 0.717) is 0 Å². The molecule has 4 rings (SSSR count). The second-order valence-electron chi connectivity index (χ2n) is 6.26. The van der Waals surface area contributed by atoms with Gasteiger partial charge in [0.05, 0.1) is 0 Å². The summed E-state index contributed by atoms with van der Waals surface area (Å²) < 4.78 is 0. The summed E-state index contributed by atoms with van der Waals surface area (Å²) in [6.45, 7) is 5.78. The number of rotatable bonds is 0. The molecule has 0 saturated heterocycles. The van der Waals surface area contributed by atoms with Gasteiger partial charge in [-0.05, 0) is 35.0 Å². The summed E-state index contributed by atoms with van der Waals surface area (Å²) >= 11 is 0. The number of hydrogen-bond donors (Lipinski definition) is 4. The number of nitrogens with one attached hydrogen (secondary N) is 4. The molecule has 0 aliphatic carbocycles. The van der Waals surface area contributed by atoms with Crippen LogP contribution in [0.1, 0.15) is 0 Å². The number of hydrogen-bond acceptors (Lipinski definition) is 4. The van der Waals surface area contributed by atoms with E-state index in [-0.39, 0.29) is 0 Å². The van der Waals surface area contributed by atoms with Gasteiger partial charge in [-0.3, -0.25) is 0 Å². The van der Waals surface area contributed by atoms with Gasteiger partial charge < -0.3 is 21.3 Å². The smallest absolute Gasteiger partial charge is 0.0420 e. The van der Waals surface area contributed by atoms with Crippen molar-refractivity contribution in [2.75, 3.05) is 49.9 Å². The van der Waals surface area contributed by atoms with Crippen molar-refractivity contribution in [3.8, 4) is 0 Å². The highest BCUT2D eigenvalue weighted by atomic mass is 15.0. The van der Waals surface area contributed by atoms with Crippen LogP contribution in [0.2, 0.25) is 0 Å². The summed E-state index contributed by atoms with van der Waals surface area (Å²) in [7, 11) is 0. The fraction of sp³-hybridized carbons (Fsp3) is 0.300. The second-order valence-corrected chi connectivity index (χ2v) is 6.26. The molecule has 0 saturated carbocycles. The Balaban J connectivity index is 1.81. The second kappa shape index (κ2) is 7.07. The SMILES string of the molecule is c1cc2c3cc4c(cccc4cc3c1)NCCNCCNCCN2. The average Bonchev–Trinajstić information content (AvgIpc) is 2.62. The highest BCUT2D eigenvalue weighted by molar-refractivity contribution is 6.07. The lowest BCUT2D eigenvalue weighted by atomic mass is 10.0. The molecule has 0 radical (unpaired) electrons. The van der Waals surface area contributed by atoms with Crippen molar-refractivity contribution in [3.63, 3.8) is 0 Å². The minimum absolute atomic E-state index is 0.928. The van der Waals surface area contributed by atoms with Crippen molar-refractivity contribution < 1.29 is 0 Å². The molecule has 4 nitrogen and oxygen atoms in total. The first-order valence-corrected chi connectivity index (χ1v) is 8.76. The molecule has 2 bridgehead atoms. The zero-order valence-electron chi connectivity index (χ0n) is 13.9. The summed E-state index contributed by atoms with van der Waals surface area (Å²) in [4.78, 5) is 0. The van der Waals surface area contributed by atoms with Gasteiger partial charge in [0.25, 0.3) is 0 Å². The molecule has 0 unspecified atom stereocenters. The van der Waals surface area contributed by atoms with Crippen molar-refractivity contribution >= 4 is 32.9 Å². The largest absolute Gasteiger partial charge is 0.383 e. The summed E-state index contributed by atoms with van der Waals surface area (Å²) in [6, 6.07) is 17.6. The fourth-order valence-corrected chi connectivity index (χ4v) is 3.36. The highest BCUT2D eigenvalue weighted by Gasteiger charge is 2.06. The third-order valence-electron chi connectivity index (χ3n) is 4.59. The quantitative estimate of drug-likeness (QED) is 0.481. The zero-order chi connectivity index (χ0) is 16.2. The molecule has 1 heterocycles. The maximum atomic E-state index is 3.58. The Hall–Kier alpha value is -2.30. The molecule has 124 valence electrons. The molecular formula is C20H24N4. The van der Waals surface area contributed by atoms with Crippen molar-refractivity contribution in [1.82, 2.24) is 10.6 Å². The van der Waals surface area contributed by atoms with Crippen LogP contribution < -0.4 is 21.3 Å². The van der Waals surface area contributed by atoms with Gasteiger partial charge in [-0.2, -0.15) is 0 Å². The Morgan fingerprint density at radius 3 is 1.58 bits per heavy atom. The maximum Gasteiger partial charge on any atom is 0.0420 e. The van der Waals surface area contributed by atoms with E-state index in [9.17, 15) is 0 Å². The predicted molar refractivity (Wildman–Crippen MR) is 104 cm³/mol. The predicted octanol–water partition coefficient (Wildman–Crippen LogP) is 3.01. The number of benzene rings is 3. The van der Waals surface area contributed by atoms with Crippen molar-refractivity contribution in [3.05, 3.63) is 48.5 Å². The molecule has 1 aliphatic heterocycles.